The minimum absolute atomic E-state index is 0.0884. The minimum atomic E-state index is -2.03. The Kier molecular flexibility index (Phi) is 7.23. The summed E-state index contributed by atoms with van der Waals surface area (Å²) in [7, 11) is -2.03. The molecule has 1 aliphatic heterocycles. The monoisotopic (exact) mass is 391 g/mol. The van der Waals surface area contributed by atoms with Crippen molar-refractivity contribution in [3.05, 3.63) is 35.4 Å². The van der Waals surface area contributed by atoms with E-state index >= 15 is 0 Å². The van der Waals surface area contributed by atoms with Crippen LogP contribution in [0.25, 0.3) is 0 Å². The summed E-state index contributed by atoms with van der Waals surface area (Å²) in [5.74, 6) is -1.07. The van der Waals surface area contributed by atoms with Gasteiger partial charge in [-0.3, -0.25) is 9.59 Å². The largest absolute Gasteiger partial charge is 0.466 e. The van der Waals surface area contributed by atoms with Gasteiger partial charge < -0.3 is 14.1 Å². The van der Waals surface area contributed by atoms with Crippen molar-refractivity contribution >= 4 is 20.2 Å². The molecule has 6 heteroatoms. The number of hydrogen-bond donors (Lipinski definition) is 0. The van der Waals surface area contributed by atoms with Crippen LogP contribution < -0.4 is 0 Å². The fourth-order valence-electron chi connectivity index (χ4n) is 3.54. The van der Waals surface area contributed by atoms with Gasteiger partial charge in [0.2, 0.25) is 0 Å². The molecule has 0 saturated carbocycles. The van der Waals surface area contributed by atoms with Crippen LogP contribution in [-0.2, 0) is 18.8 Å². The van der Waals surface area contributed by atoms with Crippen LogP contribution in [0.3, 0.4) is 0 Å². The van der Waals surface area contributed by atoms with Crippen LogP contribution in [0, 0.1) is 12.8 Å². The standard InChI is InChI=1S/C21H33NO4Si/c1-7-9-14-22-18(16-12-10-15(3)11-13-16)17(21(24)25-8-2)19(20(22)23)26-27(4,5)6/h10-13,17-19H,7-9,14H2,1-6H3. The number of benzene rings is 1. The Morgan fingerprint density at radius 2 is 1.78 bits per heavy atom. The summed E-state index contributed by atoms with van der Waals surface area (Å²) >= 11 is 0. The maximum absolute atomic E-state index is 13.3. The number of hydrogen-bond acceptors (Lipinski definition) is 4. The first-order chi connectivity index (χ1) is 12.7. The number of carbonyl (C=O) groups is 2. The third-order valence-corrected chi connectivity index (χ3v) is 5.70. The third kappa shape index (κ3) is 5.20. The molecule has 0 aromatic heterocycles. The molecule has 0 bridgehead atoms. The smallest absolute Gasteiger partial charge is 0.314 e. The van der Waals surface area contributed by atoms with Crippen LogP contribution in [0.15, 0.2) is 24.3 Å². The van der Waals surface area contributed by atoms with E-state index in [1.807, 2.05) is 55.7 Å². The zero-order valence-electron chi connectivity index (χ0n) is 17.5. The first kappa shape index (κ1) is 21.6. The number of carbonyl (C=O) groups excluding carboxylic acids is 2. The van der Waals surface area contributed by atoms with Gasteiger partial charge in [-0.15, -0.1) is 0 Å². The van der Waals surface area contributed by atoms with Crippen molar-refractivity contribution in [2.75, 3.05) is 13.2 Å². The van der Waals surface area contributed by atoms with E-state index in [0.29, 0.717) is 13.2 Å². The number of amides is 1. The zero-order chi connectivity index (χ0) is 20.2. The maximum atomic E-state index is 13.3. The lowest BCUT2D eigenvalue weighted by atomic mass is 9.91. The third-order valence-electron chi connectivity index (χ3n) is 4.74. The van der Waals surface area contributed by atoms with Crippen LogP contribution in [0.4, 0.5) is 0 Å². The molecular weight excluding hydrogens is 358 g/mol. The lowest BCUT2D eigenvalue weighted by Gasteiger charge is -2.28. The first-order valence-corrected chi connectivity index (χ1v) is 13.3. The number of unbranched alkanes of at least 4 members (excludes halogenated alkanes) is 1. The number of aryl methyl sites for hydroxylation is 1. The predicted molar refractivity (Wildman–Crippen MR) is 109 cm³/mol. The Labute approximate surface area is 164 Å². The highest BCUT2D eigenvalue weighted by Gasteiger charge is 2.54. The van der Waals surface area contributed by atoms with Crippen molar-refractivity contribution in [3.8, 4) is 0 Å². The second-order valence-electron chi connectivity index (χ2n) is 8.17. The van der Waals surface area contributed by atoms with Gasteiger partial charge in [0.1, 0.15) is 12.0 Å². The van der Waals surface area contributed by atoms with Crippen LogP contribution in [0.1, 0.15) is 43.9 Å². The van der Waals surface area contributed by atoms with Crippen LogP contribution in [0.5, 0.6) is 0 Å². The van der Waals surface area contributed by atoms with Crippen LogP contribution in [-0.4, -0.2) is 44.3 Å². The van der Waals surface area contributed by atoms with E-state index in [-0.39, 0.29) is 17.9 Å². The number of esters is 1. The van der Waals surface area contributed by atoms with E-state index < -0.39 is 20.3 Å². The van der Waals surface area contributed by atoms with Gasteiger partial charge in [0.05, 0.1) is 12.6 Å². The molecule has 0 N–H and O–H groups in total. The van der Waals surface area contributed by atoms with Crippen LogP contribution in [0.2, 0.25) is 19.6 Å². The average Bonchev–Trinajstić information content (AvgIpc) is 2.85. The molecule has 2 rings (SSSR count). The molecule has 3 atom stereocenters. The van der Waals surface area contributed by atoms with Crippen molar-refractivity contribution < 1.29 is 18.8 Å². The van der Waals surface area contributed by atoms with Crippen molar-refractivity contribution in [2.24, 2.45) is 5.92 Å². The highest BCUT2D eigenvalue weighted by atomic mass is 28.4. The summed E-state index contributed by atoms with van der Waals surface area (Å²) in [6.45, 7) is 12.9. The van der Waals surface area contributed by atoms with E-state index in [1.165, 1.54) is 0 Å². The van der Waals surface area contributed by atoms with Crippen molar-refractivity contribution in [1.29, 1.82) is 0 Å². The first-order valence-electron chi connectivity index (χ1n) is 9.91. The molecule has 1 fully saturated rings. The minimum Gasteiger partial charge on any atom is -0.466 e. The van der Waals surface area contributed by atoms with E-state index in [4.69, 9.17) is 9.16 Å². The number of rotatable bonds is 8. The average molecular weight is 392 g/mol. The summed E-state index contributed by atoms with van der Waals surface area (Å²) in [4.78, 5) is 28.0. The molecule has 5 nitrogen and oxygen atoms in total. The molecule has 0 spiro atoms. The van der Waals surface area contributed by atoms with Gasteiger partial charge in [-0.25, -0.2) is 0 Å². The Hall–Kier alpha value is -1.66. The van der Waals surface area contributed by atoms with E-state index in [9.17, 15) is 9.59 Å². The summed E-state index contributed by atoms with van der Waals surface area (Å²) in [5.41, 5.74) is 2.11. The lowest BCUT2D eigenvalue weighted by Crippen LogP contribution is -2.42. The molecule has 27 heavy (non-hydrogen) atoms. The molecule has 1 aromatic carbocycles. The topological polar surface area (TPSA) is 55.8 Å². The quantitative estimate of drug-likeness (QED) is 0.495. The fourth-order valence-corrected chi connectivity index (χ4v) is 4.55. The number of likely N-dealkylation sites (tertiary alicyclic amines) is 1. The fraction of sp³-hybridized carbons (Fsp3) is 0.619. The summed E-state index contributed by atoms with van der Waals surface area (Å²) in [6.07, 6.45) is 1.11. The van der Waals surface area contributed by atoms with Crippen LogP contribution >= 0.6 is 0 Å². The van der Waals surface area contributed by atoms with Gasteiger partial charge in [0.25, 0.3) is 5.91 Å². The summed E-state index contributed by atoms with van der Waals surface area (Å²) in [5, 5.41) is 0. The van der Waals surface area contributed by atoms with E-state index in [2.05, 4.69) is 6.92 Å². The summed E-state index contributed by atoms with van der Waals surface area (Å²) < 4.78 is 11.6. The van der Waals surface area contributed by atoms with Gasteiger partial charge in [-0.1, -0.05) is 43.2 Å². The Morgan fingerprint density at radius 3 is 2.30 bits per heavy atom. The Morgan fingerprint density at radius 1 is 1.15 bits per heavy atom. The Bertz CT molecular complexity index is 653. The molecule has 3 unspecified atom stereocenters. The number of ether oxygens (including phenoxy) is 1. The zero-order valence-corrected chi connectivity index (χ0v) is 18.5. The Balaban J connectivity index is 2.50. The predicted octanol–water partition coefficient (Wildman–Crippen LogP) is 4.08. The molecule has 1 amide bonds. The molecule has 1 aliphatic rings. The lowest BCUT2D eigenvalue weighted by molar-refractivity contribution is -0.152. The molecule has 150 valence electrons. The van der Waals surface area contributed by atoms with Gasteiger partial charge in [-0.2, -0.15) is 0 Å². The maximum Gasteiger partial charge on any atom is 0.314 e. The second-order valence-corrected chi connectivity index (χ2v) is 12.6. The van der Waals surface area contributed by atoms with Crippen molar-refractivity contribution in [2.45, 2.75) is 65.4 Å². The molecule has 0 radical (unpaired) electrons. The van der Waals surface area contributed by atoms with Gasteiger partial charge >= 0.3 is 5.97 Å². The molecular formula is C21H33NO4Si. The highest BCUT2D eigenvalue weighted by Crippen LogP contribution is 2.41. The van der Waals surface area contributed by atoms with Gasteiger partial charge in [0.15, 0.2) is 8.32 Å². The SMILES string of the molecule is CCCCN1C(=O)C(O[Si](C)(C)C)C(C(=O)OCC)C1c1ccc(C)cc1. The molecule has 1 saturated heterocycles. The van der Waals surface area contributed by atoms with Gasteiger partial charge in [0, 0.05) is 6.54 Å². The normalized spacial score (nSPS) is 23.0. The summed E-state index contributed by atoms with van der Waals surface area (Å²) in [6, 6.07) is 7.72. The molecule has 1 aromatic rings. The van der Waals surface area contributed by atoms with E-state index in [0.717, 1.165) is 24.0 Å². The second kappa shape index (κ2) is 9.02. The van der Waals surface area contributed by atoms with Crippen molar-refractivity contribution in [1.82, 2.24) is 4.90 Å². The number of nitrogens with zero attached hydrogens (tertiary/aromatic N) is 1. The highest BCUT2D eigenvalue weighted by molar-refractivity contribution is 6.69. The molecule has 0 aliphatic carbocycles. The van der Waals surface area contributed by atoms with E-state index in [1.54, 1.807) is 6.92 Å². The molecule has 1 heterocycles. The van der Waals surface area contributed by atoms with Gasteiger partial charge in [-0.05, 0) is 45.5 Å². The van der Waals surface area contributed by atoms with Crippen molar-refractivity contribution in [3.63, 3.8) is 0 Å².